The van der Waals surface area contributed by atoms with Gasteiger partial charge in [-0.25, -0.2) is 9.97 Å². The molecular formula is C17H30N4. The number of rotatable bonds is 5. The number of anilines is 2. The molecule has 1 saturated carbocycles. The van der Waals surface area contributed by atoms with Crippen molar-refractivity contribution in [3.63, 3.8) is 0 Å². The summed E-state index contributed by atoms with van der Waals surface area (Å²) in [6, 6.07) is 0.547. The van der Waals surface area contributed by atoms with Crippen LogP contribution in [0.2, 0.25) is 0 Å². The van der Waals surface area contributed by atoms with E-state index in [9.17, 15) is 0 Å². The highest BCUT2D eigenvalue weighted by atomic mass is 15.1. The summed E-state index contributed by atoms with van der Waals surface area (Å²) in [7, 11) is 1.93. The number of nitrogens with zero attached hydrogens (tertiary/aromatic N) is 2. The molecule has 0 bridgehead atoms. The molecule has 1 aromatic rings. The van der Waals surface area contributed by atoms with E-state index >= 15 is 0 Å². The third-order valence-electron chi connectivity index (χ3n) is 4.58. The molecule has 0 atom stereocenters. The Balaban J connectivity index is 2.13. The first kappa shape index (κ1) is 16.1. The fourth-order valence-corrected chi connectivity index (χ4v) is 3.02. The summed E-state index contributed by atoms with van der Waals surface area (Å²) in [5.41, 5.74) is 1.63. The van der Waals surface area contributed by atoms with Gasteiger partial charge >= 0.3 is 0 Å². The SMILES string of the molecule is CCCc1nc(NC)c(C)c(NC2CCC(C)(C)CC2)n1. The van der Waals surface area contributed by atoms with Gasteiger partial charge < -0.3 is 10.6 Å². The van der Waals surface area contributed by atoms with Crippen molar-refractivity contribution in [3.8, 4) is 0 Å². The van der Waals surface area contributed by atoms with Crippen molar-refractivity contribution in [2.75, 3.05) is 17.7 Å². The predicted molar refractivity (Wildman–Crippen MR) is 90.0 cm³/mol. The Labute approximate surface area is 129 Å². The zero-order valence-electron chi connectivity index (χ0n) is 14.2. The summed E-state index contributed by atoms with van der Waals surface area (Å²) in [6.07, 6.45) is 7.04. The summed E-state index contributed by atoms with van der Waals surface area (Å²) in [6.45, 7) is 9.00. The van der Waals surface area contributed by atoms with E-state index in [4.69, 9.17) is 4.98 Å². The molecule has 0 unspecified atom stereocenters. The lowest BCUT2D eigenvalue weighted by Gasteiger charge is -2.35. The maximum Gasteiger partial charge on any atom is 0.134 e. The van der Waals surface area contributed by atoms with Gasteiger partial charge in [-0.15, -0.1) is 0 Å². The number of aromatic nitrogens is 2. The second-order valence-electron chi connectivity index (χ2n) is 7.04. The summed E-state index contributed by atoms with van der Waals surface area (Å²) in [5.74, 6) is 2.90. The molecule has 0 aliphatic heterocycles. The molecule has 1 aliphatic rings. The topological polar surface area (TPSA) is 49.8 Å². The van der Waals surface area contributed by atoms with Crippen LogP contribution in [0.1, 0.15) is 64.3 Å². The lowest BCUT2D eigenvalue weighted by molar-refractivity contribution is 0.232. The van der Waals surface area contributed by atoms with Crippen LogP contribution in [0.15, 0.2) is 0 Å². The standard InChI is InChI=1S/C17H30N4/c1-6-7-14-20-15(18-5)12(2)16(21-14)19-13-8-10-17(3,4)11-9-13/h13H,6-11H2,1-5H3,(H2,18,19,20,21). The van der Waals surface area contributed by atoms with E-state index in [-0.39, 0.29) is 0 Å². The second-order valence-corrected chi connectivity index (χ2v) is 7.04. The van der Waals surface area contributed by atoms with E-state index < -0.39 is 0 Å². The zero-order valence-corrected chi connectivity index (χ0v) is 14.2. The Kier molecular flexibility index (Phi) is 5.07. The van der Waals surface area contributed by atoms with Gasteiger partial charge in [0.2, 0.25) is 0 Å². The minimum Gasteiger partial charge on any atom is -0.373 e. The average molecular weight is 290 g/mol. The van der Waals surface area contributed by atoms with Crippen LogP contribution < -0.4 is 10.6 Å². The van der Waals surface area contributed by atoms with Crippen LogP contribution in [-0.4, -0.2) is 23.1 Å². The maximum absolute atomic E-state index is 4.74. The summed E-state index contributed by atoms with van der Waals surface area (Å²) in [4.78, 5) is 9.33. The first-order valence-corrected chi connectivity index (χ1v) is 8.27. The third-order valence-corrected chi connectivity index (χ3v) is 4.58. The highest BCUT2D eigenvalue weighted by molar-refractivity contribution is 5.57. The van der Waals surface area contributed by atoms with Crippen molar-refractivity contribution in [3.05, 3.63) is 11.4 Å². The number of nitrogens with one attached hydrogen (secondary N) is 2. The summed E-state index contributed by atoms with van der Waals surface area (Å²) in [5, 5.41) is 6.86. The van der Waals surface area contributed by atoms with E-state index in [2.05, 4.69) is 43.3 Å². The molecule has 2 N–H and O–H groups in total. The van der Waals surface area contributed by atoms with Crippen LogP contribution in [0.25, 0.3) is 0 Å². The molecule has 4 heteroatoms. The molecule has 0 aromatic carbocycles. The molecule has 1 heterocycles. The van der Waals surface area contributed by atoms with Gasteiger partial charge in [-0.05, 0) is 44.4 Å². The van der Waals surface area contributed by atoms with Crippen LogP contribution >= 0.6 is 0 Å². The Morgan fingerprint density at radius 2 is 1.76 bits per heavy atom. The molecular weight excluding hydrogens is 260 g/mol. The van der Waals surface area contributed by atoms with Crippen LogP contribution in [0.4, 0.5) is 11.6 Å². The van der Waals surface area contributed by atoms with Gasteiger partial charge in [0.05, 0.1) is 0 Å². The van der Waals surface area contributed by atoms with Crippen LogP contribution in [0.3, 0.4) is 0 Å². The lowest BCUT2D eigenvalue weighted by atomic mass is 9.75. The summed E-state index contributed by atoms with van der Waals surface area (Å²) >= 11 is 0. The number of hydrogen-bond donors (Lipinski definition) is 2. The van der Waals surface area contributed by atoms with Crippen LogP contribution in [0.5, 0.6) is 0 Å². The highest BCUT2D eigenvalue weighted by Gasteiger charge is 2.27. The fourth-order valence-electron chi connectivity index (χ4n) is 3.02. The van der Waals surface area contributed by atoms with Gasteiger partial charge in [-0.1, -0.05) is 20.8 Å². The van der Waals surface area contributed by atoms with Crippen molar-refractivity contribution in [1.82, 2.24) is 9.97 Å². The fraction of sp³-hybridized carbons (Fsp3) is 0.765. The van der Waals surface area contributed by atoms with Gasteiger partial charge in [0.25, 0.3) is 0 Å². The smallest absolute Gasteiger partial charge is 0.134 e. The lowest BCUT2D eigenvalue weighted by Crippen LogP contribution is -2.30. The average Bonchev–Trinajstić information content (AvgIpc) is 2.44. The monoisotopic (exact) mass is 290 g/mol. The second kappa shape index (κ2) is 6.63. The van der Waals surface area contributed by atoms with E-state index in [0.29, 0.717) is 11.5 Å². The molecule has 0 radical (unpaired) electrons. The van der Waals surface area contributed by atoms with E-state index in [1.807, 2.05) is 7.05 Å². The van der Waals surface area contributed by atoms with E-state index in [1.54, 1.807) is 0 Å². The van der Waals surface area contributed by atoms with E-state index in [0.717, 1.165) is 35.9 Å². The first-order valence-electron chi connectivity index (χ1n) is 8.27. The minimum atomic E-state index is 0.502. The highest BCUT2D eigenvalue weighted by Crippen LogP contribution is 2.36. The Morgan fingerprint density at radius 1 is 1.14 bits per heavy atom. The van der Waals surface area contributed by atoms with Crippen molar-refractivity contribution >= 4 is 11.6 Å². The third kappa shape index (κ3) is 4.08. The van der Waals surface area contributed by atoms with Gasteiger partial charge in [0.1, 0.15) is 17.5 Å². The molecule has 0 amide bonds. The number of aryl methyl sites for hydroxylation is 1. The van der Waals surface area contributed by atoms with Crippen molar-refractivity contribution in [2.45, 2.75) is 72.3 Å². The Bertz CT molecular complexity index is 472. The van der Waals surface area contributed by atoms with Gasteiger partial charge in [0.15, 0.2) is 0 Å². The minimum absolute atomic E-state index is 0.502. The largest absolute Gasteiger partial charge is 0.373 e. The van der Waals surface area contributed by atoms with Gasteiger partial charge in [-0.3, -0.25) is 0 Å². The zero-order chi connectivity index (χ0) is 15.5. The summed E-state index contributed by atoms with van der Waals surface area (Å²) < 4.78 is 0. The predicted octanol–water partition coefficient (Wildman–Crippen LogP) is 4.16. The molecule has 2 rings (SSSR count). The Morgan fingerprint density at radius 3 is 2.33 bits per heavy atom. The molecule has 1 fully saturated rings. The first-order chi connectivity index (χ1) is 9.95. The van der Waals surface area contributed by atoms with Crippen molar-refractivity contribution < 1.29 is 0 Å². The van der Waals surface area contributed by atoms with Crippen molar-refractivity contribution in [1.29, 1.82) is 0 Å². The molecule has 0 saturated heterocycles. The molecule has 118 valence electrons. The Hall–Kier alpha value is -1.32. The number of hydrogen-bond acceptors (Lipinski definition) is 4. The molecule has 4 nitrogen and oxygen atoms in total. The van der Waals surface area contributed by atoms with Gasteiger partial charge in [-0.2, -0.15) is 0 Å². The van der Waals surface area contributed by atoms with Crippen LogP contribution in [0, 0.1) is 12.3 Å². The maximum atomic E-state index is 4.74. The van der Waals surface area contributed by atoms with Gasteiger partial charge in [0, 0.05) is 25.1 Å². The van der Waals surface area contributed by atoms with Crippen molar-refractivity contribution in [2.24, 2.45) is 5.41 Å². The molecule has 1 aromatic heterocycles. The normalized spacial score (nSPS) is 18.5. The van der Waals surface area contributed by atoms with E-state index in [1.165, 1.54) is 25.7 Å². The molecule has 1 aliphatic carbocycles. The molecule has 0 spiro atoms. The van der Waals surface area contributed by atoms with Crippen LogP contribution in [-0.2, 0) is 6.42 Å². The quantitative estimate of drug-likeness (QED) is 0.855. The molecule has 21 heavy (non-hydrogen) atoms.